The normalized spacial score (nSPS) is 20.8. The van der Waals surface area contributed by atoms with Crippen LogP contribution in [0.3, 0.4) is 0 Å². The van der Waals surface area contributed by atoms with E-state index in [-0.39, 0.29) is 17.2 Å². The minimum absolute atomic E-state index is 0.0667. The highest BCUT2D eigenvalue weighted by molar-refractivity contribution is 7.09. The van der Waals surface area contributed by atoms with Crippen LogP contribution in [0.4, 0.5) is 0 Å². The van der Waals surface area contributed by atoms with E-state index < -0.39 is 0 Å². The Hall–Kier alpha value is -0.740. The Morgan fingerprint density at radius 3 is 2.88 bits per heavy atom. The maximum Gasteiger partial charge on any atom is 0.156 e. The van der Waals surface area contributed by atoms with Crippen LogP contribution in [0.1, 0.15) is 44.3 Å². The first-order chi connectivity index (χ1) is 7.97. The molecule has 3 nitrogen and oxygen atoms in total. The number of hydrogen-bond donors (Lipinski definition) is 1. The number of rotatable bonds is 3. The molecular formula is C13H20N2OS. The monoisotopic (exact) mass is 252 g/mol. The third kappa shape index (κ3) is 3.13. The first-order valence-corrected chi connectivity index (χ1v) is 7.06. The van der Waals surface area contributed by atoms with Crippen molar-refractivity contribution in [2.75, 3.05) is 6.54 Å². The lowest BCUT2D eigenvalue weighted by atomic mass is 9.93. The van der Waals surface area contributed by atoms with E-state index in [0.29, 0.717) is 6.42 Å². The van der Waals surface area contributed by atoms with Crippen molar-refractivity contribution in [1.29, 1.82) is 0 Å². The summed E-state index contributed by atoms with van der Waals surface area (Å²) in [6, 6.07) is 0.0667. The number of carbonyl (C=O) groups excluding carboxylic acids is 1. The van der Waals surface area contributed by atoms with E-state index in [2.05, 4.69) is 36.5 Å². The van der Waals surface area contributed by atoms with E-state index in [4.69, 9.17) is 0 Å². The molecule has 0 unspecified atom stereocenters. The van der Waals surface area contributed by atoms with Gasteiger partial charge >= 0.3 is 0 Å². The minimum Gasteiger partial charge on any atom is -0.307 e. The summed E-state index contributed by atoms with van der Waals surface area (Å²) in [5.41, 5.74) is 1.16. The fourth-order valence-corrected chi connectivity index (χ4v) is 3.00. The van der Waals surface area contributed by atoms with Crippen LogP contribution in [0.25, 0.3) is 0 Å². The molecule has 1 aromatic rings. The summed E-state index contributed by atoms with van der Waals surface area (Å²) < 4.78 is 0. The predicted molar refractivity (Wildman–Crippen MR) is 70.5 cm³/mol. The maximum atomic E-state index is 12.0. The van der Waals surface area contributed by atoms with Crippen LogP contribution >= 0.6 is 11.3 Å². The number of nitrogens with zero attached hydrogens (tertiary/aromatic N) is 1. The molecule has 0 amide bonds. The fourth-order valence-electron chi connectivity index (χ4n) is 1.97. The third-order valence-corrected chi connectivity index (χ3v) is 3.94. The summed E-state index contributed by atoms with van der Waals surface area (Å²) in [5.74, 6) is 0.289. The molecule has 0 saturated carbocycles. The van der Waals surface area contributed by atoms with Gasteiger partial charge in [-0.15, -0.1) is 11.3 Å². The second kappa shape index (κ2) is 4.86. The van der Waals surface area contributed by atoms with Gasteiger partial charge in [0.05, 0.1) is 18.2 Å². The van der Waals surface area contributed by atoms with E-state index in [1.54, 1.807) is 11.3 Å². The number of nitrogens with one attached hydrogen (secondary N) is 1. The van der Waals surface area contributed by atoms with Gasteiger partial charge in [0, 0.05) is 10.8 Å². The highest BCUT2D eigenvalue weighted by atomic mass is 32.1. The molecule has 0 bridgehead atoms. The topological polar surface area (TPSA) is 42.0 Å². The lowest BCUT2D eigenvalue weighted by Gasteiger charge is -2.14. The van der Waals surface area contributed by atoms with Crippen molar-refractivity contribution in [2.24, 2.45) is 0 Å². The van der Waals surface area contributed by atoms with Crippen molar-refractivity contribution in [3.05, 3.63) is 16.1 Å². The summed E-state index contributed by atoms with van der Waals surface area (Å²) in [4.78, 5) is 16.5. The van der Waals surface area contributed by atoms with Crippen LogP contribution in [0, 0.1) is 0 Å². The second-order valence-electron chi connectivity index (χ2n) is 5.67. The van der Waals surface area contributed by atoms with Crippen LogP contribution in [-0.4, -0.2) is 23.4 Å². The molecule has 1 aliphatic rings. The molecule has 1 saturated heterocycles. The number of hydrogen-bond acceptors (Lipinski definition) is 4. The number of aromatic nitrogens is 1. The van der Waals surface area contributed by atoms with Crippen molar-refractivity contribution in [2.45, 2.75) is 51.5 Å². The van der Waals surface area contributed by atoms with E-state index in [9.17, 15) is 4.79 Å². The van der Waals surface area contributed by atoms with E-state index >= 15 is 0 Å². The molecule has 1 aliphatic heterocycles. The van der Waals surface area contributed by atoms with Gasteiger partial charge in [-0.2, -0.15) is 0 Å². The zero-order valence-electron chi connectivity index (χ0n) is 10.7. The number of thiazole rings is 1. The Labute approximate surface area is 107 Å². The van der Waals surface area contributed by atoms with Gasteiger partial charge in [-0.1, -0.05) is 20.8 Å². The molecule has 1 aromatic heterocycles. The van der Waals surface area contributed by atoms with E-state index in [0.717, 1.165) is 30.1 Å². The summed E-state index contributed by atoms with van der Waals surface area (Å²) in [6.45, 7) is 7.41. The summed E-state index contributed by atoms with van der Waals surface area (Å²) in [7, 11) is 0. The Morgan fingerprint density at radius 2 is 2.35 bits per heavy atom. The SMILES string of the molecule is CC(C)(C)c1csc(CC(=O)[C@@H]2CCCN2)n1. The van der Waals surface area contributed by atoms with Gasteiger partial charge < -0.3 is 5.32 Å². The molecule has 2 rings (SSSR count). The Balaban J connectivity index is 1.99. The van der Waals surface area contributed by atoms with E-state index in [1.165, 1.54) is 0 Å². The molecule has 2 heterocycles. The first kappa shape index (κ1) is 12.7. The lowest BCUT2D eigenvalue weighted by Crippen LogP contribution is -2.31. The Morgan fingerprint density at radius 1 is 1.59 bits per heavy atom. The molecule has 94 valence electrons. The van der Waals surface area contributed by atoms with Gasteiger partial charge in [-0.25, -0.2) is 4.98 Å². The van der Waals surface area contributed by atoms with Crippen LogP contribution in [-0.2, 0) is 16.6 Å². The predicted octanol–water partition coefficient (Wildman–Crippen LogP) is 2.30. The number of ketones is 1. The number of Topliss-reactive ketones (excluding diaryl/α,β-unsaturated/α-hetero) is 1. The first-order valence-electron chi connectivity index (χ1n) is 6.18. The van der Waals surface area contributed by atoms with Crippen molar-refractivity contribution in [1.82, 2.24) is 10.3 Å². The van der Waals surface area contributed by atoms with Gasteiger partial charge in [0.2, 0.25) is 0 Å². The molecule has 0 aromatic carbocycles. The zero-order valence-corrected chi connectivity index (χ0v) is 11.6. The van der Waals surface area contributed by atoms with Gasteiger partial charge in [0.1, 0.15) is 5.01 Å². The molecule has 0 radical (unpaired) electrons. The van der Waals surface area contributed by atoms with Gasteiger partial charge in [-0.05, 0) is 19.4 Å². The fraction of sp³-hybridized carbons (Fsp3) is 0.692. The highest BCUT2D eigenvalue weighted by Gasteiger charge is 2.24. The smallest absolute Gasteiger partial charge is 0.156 e. The molecule has 0 spiro atoms. The average molecular weight is 252 g/mol. The molecule has 1 N–H and O–H groups in total. The molecule has 1 fully saturated rings. The van der Waals surface area contributed by atoms with Crippen LogP contribution in [0.2, 0.25) is 0 Å². The summed E-state index contributed by atoms with van der Waals surface area (Å²) >= 11 is 1.60. The standard InChI is InChI=1S/C13H20N2OS/c1-13(2,3)11-8-17-12(15-11)7-10(16)9-5-4-6-14-9/h8-9,14H,4-7H2,1-3H3/t9-/m0/s1. The Bertz CT molecular complexity index is 400. The summed E-state index contributed by atoms with van der Waals surface area (Å²) in [6.07, 6.45) is 2.58. The number of carbonyl (C=O) groups is 1. The largest absolute Gasteiger partial charge is 0.307 e. The quantitative estimate of drug-likeness (QED) is 0.897. The molecule has 0 aliphatic carbocycles. The van der Waals surface area contributed by atoms with Gasteiger partial charge in [0.25, 0.3) is 0 Å². The maximum absolute atomic E-state index is 12.0. The van der Waals surface area contributed by atoms with Crippen molar-refractivity contribution in [3.8, 4) is 0 Å². The third-order valence-electron chi connectivity index (χ3n) is 3.09. The second-order valence-corrected chi connectivity index (χ2v) is 6.61. The van der Waals surface area contributed by atoms with Crippen LogP contribution in [0.15, 0.2) is 5.38 Å². The van der Waals surface area contributed by atoms with Crippen LogP contribution in [0.5, 0.6) is 0 Å². The average Bonchev–Trinajstić information content (AvgIpc) is 2.85. The van der Waals surface area contributed by atoms with Crippen molar-refractivity contribution in [3.63, 3.8) is 0 Å². The molecule has 4 heteroatoms. The van der Waals surface area contributed by atoms with E-state index in [1.807, 2.05) is 0 Å². The lowest BCUT2D eigenvalue weighted by molar-refractivity contribution is -0.120. The van der Waals surface area contributed by atoms with Crippen molar-refractivity contribution >= 4 is 17.1 Å². The Kier molecular flexibility index (Phi) is 3.64. The van der Waals surface area contributed by atoms with Crippen LogP contribution < -0.4 is 5.32 Å². The highest BCUT2D eigenvalue weighted by Crippen LogP contribution is 2.24. The summed E-state index contributed by atoms with van der Waals surface area (Å²) in [5, 5.41) is 6.27. The van der Waals surface area contributed by atoms with Gasteiger partial charge in [-0.3, -0.25) is 4.79 Å². The zero-order chi connectivity index (χ0) is 12.5. The molecule has 17 heavy (non-hydrogen) atoms. The minimum atomic E-state index is 0.0667. The molecular weight excluding hydrogens is 232 g/mol. The van der Waals surface area contributed by atoms with Gasteiger partial charge in [0.15, 0.2) is 5.78 Å². The van der Waals surface area contributed by atoms with Crippen molar-refractivity contribution < 1.29 is 4.79 Å². The molecule has 1 atom stereocenters.